The van der Waals surface area contributed by atoms with E-state index in [2.05, 4.69) is 33.8 Å². The Bertz CT molecular complexity index is 1340. The minimum Gasteiger partial charge on any atom is -0.459 e. The van der Waals surface area contributed by atoms with Crippen LogP contribution in [0.25, 0.3) is 0 Å². The van der Waals surface area contributed by atoms with Crippen molar-refractivity contribution in [2.75, 3.05) is 0 Å². The van der Waals surface area contributed by atoms with Crippen molar-refractivity contribution in [3.8, 4) is 6.07 Å². The Labute approximate surface area is 315 Å². The van der Waals surface area contributed by atoms with E-state index in [1.165, 1.54) is 25.7 Å². The summed E-state index contributed by atoms with van der Waals surface area (Å²) in [7, 11) is 0. The van der Waals surface area contributed by atoms with E-state index in [1.807, 2.05) is 62.3 Å². The van der Waals surface area contributed by atoms with Crippen molar-refractivity contribution < 1.29 is 38.1 Å². The maximum atomic E-state index is 12.3. The van der Waals surface area contributed by atoms with Crippen LogP contribution in [0.3, 0.4) is 0 Å². The molecule has 0 amide bonds. The molecule has 0 aromatic rings. The summed E-state index contributed by atoms with van der Waals surface area (Å²) in [4.78, 5) is 48.4. The zero-order valence-electron chi connectivity index (χ0n) is 34.9. The lowest BCUT2D eigenvalue weighted by atomic mass is 9.74. The molecule has 5 atom stereocenters. The van der Waals surface area contributed by atoms with Gasteiger partial charge in [-0.3, -0.25) is 19.2 Å². The van der Waals surface area contributed by atoms with Crippen LogP contribution in [0.2, 0.25) is 0 Å². The first-order valence-corrected chi connectivity index (χ1v) is 20.3. The molecule has 1 saturated heterocycles. The first kappa shape index (κ1) is 43.8. The van der Waals surface area contributed by atoms with Gasteiger partial charge in [-0.15, -0.1) is 0 Å². The topological polar surface area (TPSA) is 129 Å². The van der Waals surface area contributed by atoms with Gasteiger partial charge < -0.3 is 18.9 Å². The van der Waals surface area contributed by atoms with Crippen LogP contribution < -0.4 is 0 Å². The maximum Gasteiger partial charge on any atom is 0.327 e. The highest BCUT2D eigenvalue weighted by Gasteiger charge is 2.72. The van der Waals surface area contributed by atoms with E-state index in [-0.39, 0.29) is 63.3 Å². The number of esters is 4. The Morgan fingerprint density at radius 1 is 0.750 bits per heavy atom. The lowest BCUT2D eigenvalue weighted by Gasteiger charge is -2.42. The van der Waals surface area contributed by atoms with Crippen LogP contribution >= 0.6 is 0 Å². The fourth-order valence-electron chi connectivity index (χ4n) is 8.15. The molecule has 9 heteroatoms. The predicted molar refractivity (Wildman–Crippen MR) is 201 cm³/mol. The van der Waals surface area contributed by atoms with E-state index in [4.69, 9.17) is 18.9 Å². The lowest BCUT2D eigenvalue weighted by Crippen LogP contribution is -2.47. The maximum absolute atomic E-state index is 12.3. The molecule has 0 spiro atoms. The largest absolute Gasteiger partial charge is 0.459 e. The van der Waals surface area contributed by atoms with Gasteiger partial charge >= 0.3 is 23.9 Å². The molecule has 5 rings (SSSR count). The van der Waals surface area contributed by atoms with Crippen LogP contribution in [0.5, 0.6) is 0 Å². The van der Waals surface area contributed by atoms with Gasteiger partial charge in [-0.05, 0) is 131 Å². The highest BCUT2D eigenvalue weighted by atomic mass is 16.6. The molecule has 5 unspecified atom stereocenters. The molecular formula is C43H71NO8. The highest BCUT2D eigenvalue weighted by molar-refractivity contribution is 5.85. The van der Waals surface area contributed by atoms with Crippen LogP contribution in [0.4, 0.5) is 0 Å². The molecule has 1 aliphatic heterocycles. The van der Waals surface area contributed by atoms with Gasteiger partial charge in [0.25, 0.3) is 0 Å². The molecule has 0 aromatic carbocycles. The second kappa shape index (κ2) is 16.0. The zero-order valence-corrected chi connectivity index (χ0v) is 34.9. The quantitative estimate of drug-likeness (QED) is 0.159. The van der Waals surface area contributed by atoms with Crippen molar-refractivity contribution in [3.05, 3.63) is 0 Å². The summed E-state index contributed by atoms with van der Waals surface area (Å²) in [5, 5.41) is 9.31. The van der Waals surface area contributed by atoms with E-state index in [9.17, 15) is 24.4 Å². The van der Waals surface area contributed by atoms with Crippen LogP contribution in [0.1, 0.15) is 180 Å². The molecule has 0 N–H and O–H groups in total. The molecule has 296 valence electrons. The molecule has 52 heavy (non-hydrogen) atoms. The summed E-state index contributed by atoms with van der Waals surface area (Å²) >= 11 is 0. The molecule has 2 bridgehead atoms. The van der Waals surface area contributed by atoms with Crippen molar-refractivity contribution in [3.63, 3.8) is 0 Å². The molecule has 4 saturated carbocycles. The van der Waals surface area contributed by atoms with Crippen molar-refractivity contribution in [2.45, 2.75) is 203 Å². The van der Waals surface area contributed by atoms with Crippen molar-refractivity contribution in [2.24, 2.45) is 38.9 Å². The predicted octanol–water partition coefficient (Wildman–Crippen LogP) is 9.82. The summed E-state index contributed by atoms with van der Waals surface area (Å²) in [6.45, 7) is 26.3. The van der Waals surface area contributed by atoms with Gasteiger partial charge in [0.1, 0.15) is 23.4 Å². The summed E-state index contributed by atoms with van der Waals surface area (Å²) in [5.41, 5.74) is -2.54. The third-order valence-electron chi connectivity index (χ3n) is 13.9. The van der Waals surface area contributed by atoms with Crippen LogP contribution in [-0.2, 0) is 38.1 Å². The van der Waals surface area contributed by atoms with Gasteiger partial charge in [0, 0.05) is 17.3 Å². The van der Waals surface area contributed by atoms with E-state index in [1.54, 1.807) is 0 Å². The Morgan fingerprint density at radius 3 is 1.65 bits per heavy atom. The van der Waals surface area contributed by atoms with E-state index >= 15 is 0 Å². The molecule has 4 aliphatic carbocycles. The number of ether oxygens (including phenoxy) is 4. The van der Waals surface area contributed by atoms with Crippen molar-refractivity contribution in [1.82, 2.24) is 0 Å². The summed E-state index contributed by atoms with van der Waals surface area (Å²) < 4.78 is 22.7. The van der Waals surface area contributed by atoms with Gasteiger partial charge in [0.05, 0.1) is 22.3 Å². The zero-order chi connectivity index (χ0) is 39.6. The summed E-state index contributed by atoms with van der Waals surface area (Å²) in [5.74, 6) is -0.750. The fraction of sp³-hybridized carbons (Fsp3) is 0.884. The van der Waals surface area contributed by atoms with Crippen LogP contribution in [0.15, 0.2) is 0 Å². The number of nitriles is 1. The van der Waals surface area contributed by atoms with E-state index in [0.29, 0.717) is 12.8 Å². The smallest absolute Gasteiger partial charge is 0.327 e. The Balaban J connectivity index is 0.000000213. The average Bonchev–Trinajstić information content (AvgIpc) is 3.92. The Kier molecular flexibility index (Phi) is 13.5. The first-order valence-electron chi connectivity index (χ1n) is 20.3. The molecular weight excluding hydrogens is 658 g/mol. The van der Waals surface area contributed by atoms with E-state index < -0.39 is 22.9 Å². The SMILES string of the molecule is CCC(C)(C)C(=O)OC1(C(C)(C)C)CCCC1.CCC(C)(C)C(=O)OC1C2CC3C1OC(=O)C3(C#N)C2.CCC1(OC(=O)C(C)(C)CC)CCCC1. The number of hydrogen-bond acceptors (Lipinski definition) is 9. The summed E-state index contributed by atoms with van der Waals surface area (Å²) in [6, 6.07) is 2.15. The standard InChI is InChI=1S/C15H19NO4.C15H28O2.C13H24O2/c1-4-14(2,3)12(17)19-10-8-5-9-11(10)20-13(18)15(9,6-8)7-16;1-7-14(5,6)12(16)17-15(13(2,3)4)10-8-9-11-15;1-5-12(3,4)11(14)15-13(6-2)9-7-8-10-13/h8-11H,4-6H2,1-3H3;7-11H2,1-6H3;5-10H2,1-4H3. The minimum absolute atomic E-state index is 0.0197. The molecule has 5 fully saturated rings. The minimum atomic E-state index is -0.974. The van der Waals surface area contributed by atoms with Crippen LogP contribution in [0, 0.1) is 50.2 Å². The number of carbonyl (C=O) groups is 4. The van der Waals surface area contributed by atoms with E-state index in [0.717, 1.165) is 51.4 Å². The van der Waals surface area contributed by atoms with Crippen molar-refractivity contribution >= 4 is 23.9 Å². The monoisotopic (exact) mass is 730 g/mol. The normalized spacial score (nSPS) is 28.4. The van der Waals surface area contributed by atoms with Gasteiger partial charge in [-0.2, -0.15) is 5.26 Å². The second-order valence-electron chi connectivity index (χ2n) is 19.3. The number of nitrogens with zero attached hydrogens (tertiary/aromatic N) is 1. The Morgan fingerprint density at radius 2 is 1.21 bits per heavy atom. The Hall–Kier alpha value is -2.63. The van der Waals surface area contributed by atoms with Gasteiger partial charge in [-0.25, -0.2) is 0 Å². The van der Waals surface area contributed by atoms with Crippen molar-refractivity contribution in [1.29, 1.82) is 5.26 Å². The summed E-state index contributed by atoms with van der Waals surface area (Å²) in [6.07, 6.45) is 12.6. The van der Waals surface area contributed by atoms with Gasteiger partial charge in [0.15, 0.2) is 5.41 Å². The van der Waals surface area contributed by atoms with Crippen LogP contribution in [-0.4, -0.2) is 47.3 Å². The second-order valence-corrected chi connectivity index (χ2v) is 19.3. The average molecular weight is 730 g/mol. The third-order valence-corrected chi connectivity index (χ3v) is 13.9. The molecule has 0 radical (unpaired) electrons. The fourth-order valence-corrected chi connectivity index (χ4v) is 8.15. The number of rotatable bonds is 10. The highest BCUT2D eigenvalue weighted by Crippen LogP contribution is 2.62. The number of fused-ring (bicyclic) bond motifs is 1. The van der Waals surface area contributed by atoms with Gasteiger partial charge in [-0.1, -0.05) is 48.5 Å². The molecule has 1 heterocycles. The number of carbonyl (C=O) groups excluding carboxylic acids is 4. The third kappa shape index (κ3) is 8.67. The molecule has 9 nitrogen and oxygen atoms in total. The lowest BCUT2D eigenvalue weighted by molar-refractivity contribution is -0.183. The molecule has 5 aliphatic rings. The number of hydrogen-bond donors (Lipinski definition) is 0. The van der Waals surface area contributed by atoms with Gasteiger partial charge in [0.2, 0.25) is 0 Å². The first-order chi connectivity index (χ1) is 24.0. The molecule has 0 aromatic heterocycles.